The van der Waals surface area contributed by atoms with Gasteiger partial charge in [0.25, 0.3) is 10.0 Å². The molecule has 0 saturated heterocycles. The summed E-state index contributed by atoms with van der Waals surface area (Å²) in [5.74, 6) is -1.17. The lowest BCUT2D eigenvalue weighted by molar-refractivity contribution is -0.144. The molecule has 0 atom stereocenters. The number of anilines is 1. The van der Waals surface area contributed by atoms with Crippen molar-refractivity contribution in [2.75, 3.05) is 4.72 Å². The van der Waals surface area contributed by atoms with Gasteiger partial charge in [-0.05, 0) is 36.4 Å². The molecule has 0 radical (unpaired) electrons. The number of nitrogens with one attached hydrogen (secondary N) is 2. The first-order valence-corrected chi connectivity index (χ1v) is 8.85. The Labute approximate surface area is 149 Å². The molecule has 0 amide bonds. The van der Waals surface area contributed by atoms with Crippen molar-refractivity contribution in [2.24, 2.45) is 0 Å². The zero-order chi connectivity index (χ0) is 18.4. The maximum absolute atomic E-state index is 12.7. The number of hydrogen-bond acceptors (Lipinski definition) is 3. The summed E-state index contributed by atoms with van der Waals surface area (Å²) in [5.41, 5.74) is 0.127. The second-order valence-electron chi connectivity index (χ2n) is 5.00. The smallest absolute Gasteiger partial charge is 0.334 e. The van der Waals surface area contributed by atoms with Crippen LogP contribution in [0.15, 0.2) is 41.3 Å². The molecule has 1 aromatic heterocycles. The molecular weight excluding hydrogens is 402 g/mol. The predicted molar refractivity (Wildman–Crippen MR) is 88.4 cm³/mol. The predicted octanol–water partition coefficient (Wildman–Crippen LogP) is 4.69. The quantitative estimate of drug-likeness (QED) is 0.658. The molecule has 0 aliphatic heterocycles. The molecule has 0 bridgehead atoms. The van der Waals surface area contributed by atoms with Crippen LogP contribution in [0.3, 0.4) is 0 Å². The largest absolute Gasteiger partial charge is 0.449 e. The van der Waals surface area contributed by atoms with Gasteiger partial charge < -0.3 is 4.98 Å². The Bertz CT molecular complexity index is 1060. The molecule has 5 nitrogen and oxygen atoms in total. The van der Waals surface area contributed by atoms with E-state index in [9.17, 15) is 21.6 Å². The van der Waals surface area contributed by atoms with Crippen molar-refractivity contribution in [2.45, 2.75) is 11.1 Å². The van der Waals surface area contributed by atoms with Crippen molar-refractivity contribution in [3.05, 3.63) is 52.3 Å². The highest BCUT2D eigenvalue weighted by molar-refractivity contribution is 7.92. The minimum Gasteiger partial charge on any atom is -0.334 e. The van der Waals surface area contributed by atoms with Crippen molar-refractivity contribution < 1.29 is 21.6 Å². The van der Waals surface area contributed by atoms with E-state index in [-0.39, 0.29) is 31.7 Å². The number of fused-ring (bicyclic) bond motifs is 1. The molecule has 11 heteroatoms. The van der Waals surface area contributed by atoms with Gasteiger partial charge in [0.15, 0.2) is 0 Å². The van der Waals surface area contributed by atoms with Crippen molar-refractivity contribution in [3.8, 4) is 0 Å². The lowest BCUT2D eigenvalue weighted by Gasteiger charge is -2.10. The molecule has 1 heterocycles. The van der Waals surface area contributed by atoms with Gasteiger partial charge >= 0.3 is 6.18 Å². The Kier molecular flexibility index (Phi) is 4.34. The first kappa shape index (κ1) is 17.8. The maximum atomic E-state index is 12.7. The average Bonchev–Trinajstić information content (AvgIpc) is 2.92. The third-order valence-electron chi connectivity index (χ3n) is 3.19. The number of hydrogen-bond donors (Lipinski definition) is 2. The number of sulfonamides is 1. The monoisotopic (exact) mass is 409 g/mol. The second-order valence-corrected chi connectivity index (χ2v) is 7.49. The van der Waals surface area contributed by atoms with Gasteiger partial charge in [-0.25, -0.2) is 13.4 Å². The Morgan fingerprint density at radius 2 is 1.80 bits per heavy atom. The Balaban J connectivity index is 1.98. The Morgan fingerprint density at radius 1 is 1.08 bits per heavy atom. The lowest BCUT2D eigenvalue weighted by Crippen LogP contribution is -2.13. The summed E-state index contributed by atoms with van der Waals surface area (Å²) >= 11 is 11.7. The highest BCUT2D eigenvalue weighted by Crippen LogP contribution is 2.30. The Morgan fingerprint density at radius 3 is 2.48 bits per heavy atom. The molecule has 25 heavy (non-hydrogen) atoms. The highest BCUT2D eigenvalue weighted by atomic mass is 35.5. The van der Waals surface area contributed by atoms with Crippen LogP contribution in [0, 0.1) is 0 Å². The van der Waals surface area contributed by atoms with Crippen molar-refractivity contribution in [1.29, 1.82) is 0 Å². The van der Waals surface area contributed by atoms with Gasteiger partial charge in [0.2, 0.25) is 5.82 Å². The first-order valence-electron chi connectivity index (χ1n) is 6.61. The summed E-state index contributed by atoms with van der Waals surface area (Å²) in [7, 11) is -4.08. The molecule has 0 spiro atoms. The molecule has 132 valence electrons. The van der Waals surface area contributed by atoms with Crippen LogP contribution in [-0.4, -0.2) is 18.4 Å². The van der Waals surface area contributed by atoms with Crippen molar-refractivity contribution in [1.82, 2.24) is 9.97 Å². The van der Waals surface area contributed by atoms with Crippen LogP contribution < -0.4 is 4.72 Å². The highest BCUT2D eigenvalue weighted by Gasteiger charge is 2.34. The van der Waals surface area contributed by atoms with E-state index in [4.69, 9.17) is 23.2 Å². The lowest BCUT2D eigenvalue weighted by atomic mass is 10.3. The normalized spacial score (nSPS) is 12.5. The molecule has 0 fully saturated rings. The zero-order valence-electron chi connectivity index (χ0n) is 12.0. The van der Waals surface area contributed by atoms with E-state index in [0.29, 0.717) is 0 Å². The number of H-pyrrole nitrogens is 1. The van der Waals surface area contributed by atoms with E-state index in [2.05, 4.69) is 14.7 Å². The molecule has 2 aromatic carbocycles. The Hall–Kier alpha value is -1.97. The summed E-state index contributed by atoms with van der Waals surface area (Å²) in [5, 5.41) is 0.127. The third-order valence-corrected chi connectivity index (χ3v) is 5.28. The number of nitrogens with zero attached hydrogens (tertiary/aromatic N) is 1. The summed E-state index contributed by atoms with van der Waals surface area (Å²) in [6, 6.07) is 7.68. The van der Waals surface area contributed by atoms with Gasteiger partial charge in [0.05, 0.1) is 21.7 Å². The van der Waals surface area contributed by atoms with E-state index in [1.807, 2.05) is 0 Å². The van der Waals surface area contributed by atoms with Crippen LogP contribution in [-0.2, 0) is 16.2 Å². The van der Waals surface area contributed by atoms with Gasteiger partial charge in [-0.15, -0.1) is 0 Å². The fourth-order valence-corrected chi connectivity index (χ4v) is 3.91. The fourth-order valence-electron chi connectivity index (χ4n) is 2.10. The van der Waals surface area contributed by atoms with Gasteiger partial charge in [-0.1, -0.05) is 23.2 Å². The summed E-state index contributed by atoms with van der Waals surface area (Å²) in [6.45, 7) is 0. The second kappa shape index (κ2) is 6.08. The minimum absolute atomic E-state index is 0.0321. The number of halogens is 5. The van der Waals surface area contributed by atoms with Crippen molar-refractivity contribution in [3.63, 3.8) is 0 Å². The number of alkyl halides is 3. The van der Waals surface area contributed by atoms with Crippen LogP contribution in [0.4, 0.5) is 18.9 Å². The molecule has 3 aromatic rings. The van der Waals surface area contributed by atoms with Gasteiger partial charge in [0.1, 0.15) is 4.90 Å². The number of benzene rings is 2. The summed E-state index contributed by atoms with van der Waals surface area (Å²) < 4.78 is 65.1. The number of imidazole rings is 1. The fraction of sp³-hybridized carbons (Fsp3) is 0.0714. The van der Waals surface area contributed by atoms with E-state index in [1.165, 1.54) is 36.4 Å². The molecule has 0 unspecified atom stereocenters. The number of aromatic amines is 1. The first-order chi connectivity index (χ1) is 11.6. The van der Waals surface area contributed by atoms with Gasteiger partial charge in [-0.3, -0.25) is 4.72 Å². The molecular formula is C14H8Cl2F3N3O2S. The van der Waals surface area contributed by atoms with Gasteiger partial charge in [-0.2, -0.15) is 13.2 Å². The molecule has 0 saturated carbocycles. The number of rotatable bonds is 3. The van der Waals surface area contributed by atoms with Crippen LogP contribution in [0.5, 0.6) is 0 Å². The molecule has 2 N–H and O–H groups in total. The molecule has 0 aliphatic carbocycles. The maximum Gasteiger partial charge on any atom is 0.449 e. The van der Waals surface area contributed by atoms with E-state index < -0.39 is 22.0 Å². The molecule has 0 aliphatic rings. The van der Waals surface area contributed by atoms with Crippen LogP contribution >= 0.6 is 23.2 Å². The average molecular weight is 410 g/mol. The number of aromatic nitrogens is 2. The summed E-state index contributed by atoms with van der Waals surface area (Å²) in [4.78, 5) is 5.27. The van der Waals surface area contributed by atoms with E-state index in [1.54, 1.807) is 0 Å². The van der Waals surface area contributed by atoms with Crippen LogP contribution in [0.25, 0.3) is 11.0 Å². The standard InChI is InChI=1S/C14H8Cl2F3N3O2S/c15-7-1-3-9(16)12(5-7)25(23,24)22-8-2-4-10-11(6-8)21-13(20-10)14(17,18)19/h1-6,22H,(H,20,21). The zero-order valence-corrected chi connectivity index (χ0v) is 14.4. The van der Waals surface area contributed by atoms with E-state index in [0.717, 1.165) is 0 Å². The van der Waals surface area contributed by atoms with Gasteiger partial charge in [0, 0.05) is 5.02 Å². The summed E-state index contributed by atoms with van der Waals surface area (Å²) in [6.07, 6.45) is -4.63. The van der Waals surface area contributed by atoms with Crippen LogP contribution in [0.2, 0.25) is 10.0 Å². The molecule has 3 rings (SSSR count). The SMILES string of the molecule is O=S(=O)(Nc1ccc2nc(C(F)(F)F)[nH]c2c1)c1cc(Cl)ccc1Cl. The van der Waals surface area contributed by atoms with Crippen molar-refractivity contribution >= 4 is 49.9 Å². The minimum atomic E-state index is -4.63. The van der Waals surface area contributed by atoms with Crippen LogP contribution in [0.1, 0.15) is 5.82 Å². The third kappa shape index (κ3) is 3.68. The topological polar surface area (TPSA) is 74.8 Å². The van der Waals surface area contributed by atoms with E-state index >= 15 is 0 Å².